The van der Waals surface area contributed by atoms with E-state index in [9.17, 15) is 18.0 Å². The SMILES string of the molecule is Cc1ccc(S(=O)(=O)CCCC(=O)Nc2ccc(Cl)cc2C(=O)c2ccccc2Cl)cc1. The number of amides is 1. The molecule has 0 fully saturated rings. The van der Waals surface area contributed by atoms with Gasteiger partial charge in [0.15, 0.2) is 15.6 Å². The molecule has 166 valence electrons. The zero-order valence-corrected chi connectivity index (χ0v) is 19.6. The average Bonchev–Trinajstić information content (AvgIpc) is 2.75. The number of aryl methyl sites for hydroxylation is 1. The van der Waals surface area contributed by atoms with E-state index in [2.05, 4.69) is 5.32 Å². The molecule has 5 nitrogen and oxygen atoms in total. The average molecular weight is 490 g/mol. The van der Waals surface area contributed by atoms with Gasteiger partial charge in [0.2, 0.25) is 5.91 Å². The van der Waals surface area contributed by atoms with Gasteiger partial charge < -0.3 is 5.32 Å². The number of hydrogen-bond acceptors (Lipinski definition) is 4. The van der Waals surface area contributed by atoms with Crippen LogP contribution in [0, 0.1) is 6.92 Å². The molecule has 0 radical (unpaired) electrons. The molecule has 32 heavy (non-hydrogen) atoms. The number of benzene rings is 3. The van der Waals surface area contributed by atoms with Gasteiger partial charge in [-0.3, -0.25) is 9.59 Å². The zero-order chi connectivity index (χ0) is 23.3. The summed E-state index contributed by atoms with van der Waals surface area (Å²) >= 11 is 12.2. The predicted octanol–water partition coefficient (Wildman–Crippen LogP) is 5.73. The number of carbonyl (C=O) groups is 2. The maximum absolute atomic E-state index is 13.0. The van der Waals surface area contributed by atoms with Gasteiger partial charge in [0.1, 0.15) is 0 Å². The number of anilines is 1. The Morgan fingerprint density at radius 3 is 2.28 bits per heavy atom. The number of ketones is 1. The van der Waals surface area contributed by atoms with E-state index < -0.39 is 15.7 Å². The third-order valence-electron chi connectivity index (χ3n) is 4.82. The Morgan fingerprint density at radius 1 is 0.906 bits per heavy atom. The molecule has 0 bridgehead atoms. The van der Waals surface area contributed by atoms with E-state index in [1.807, 2.05) is 6.92 Å². The number of hydrogen-bond donors (Lipinski definition) is 1. The number of sulfone groups is 1. The van der Waals surface area contributed by atoms with Crippen molar-refractivity contribution in [2.75, 3.05) is 11.1 Å². The lowest BCUT2D eigenvalue weighted by Gasteiger charge is -2.12. The highest BCUT2D eigenvalue weighted by molar-refractivity contribution is 7.91. The monoisotopic (exact) mass is 489 g/mol. The van der Waals surface area contributed by atoms with Crippen LogP contribution in [-0.4, -0.2) is 25.9 Å². The van der Waals surface area contributed by atoms with Crippen LogP contribution in [0.5, 0.6) is 0 Å². The molecule has 0 atom stereocenters. The van der Waals surface area contributed by atoms with Crippen molar-refractivity contribution in [2.24, 2.45) is 0 Å². The van der Waals surface area contributed by atoms with E-state index in [0.29, 0.717) is 5.02 Å². The summed E-state index contributed by atoms with van der Waals surface area (Å²) < 4.78 is 24.9. The molecule has 1 N–H and O–H groups in total. The molecule has 0 aliphatic rings. The molecule has 3 rings (SSSR count). The Kier molecular flexibility index (Phi) is 7.72. The first kappa shape index (κ1) is 24.0. The third kappa shape index (κ3) is 5.97. The van der Waals surface area contributed by atoms with Gasteiger partial charge in [-0.2, -0.15) is 0 Å². The second-order valence-corrected chi connectivity index (χ2v) is 10.2. The number of carbonyl (C=O) groups excluding carboxylic acids is 2. The molecule has 3 aromatic rings. The topological polar surface area (TPSA) is 80.3 Å². The van der Waals surface area contributed by atoms with E-state index in [-0.39, 0.29) is 51.1 Å². The lowest BCUT2D eigenvalue weighted by Crippen LogP contribution is -2.16. The summed E-state index contributed by atoms with van der Waals surface area (Å²) in [4.78, 5) is 25.7. The molecular weight excluding hydrogens is 469 g/mol. The van der Waals surface area contributed by atoms with Crippen LogP contribution >= 0.6 is 23.2 Å². The molecule has 0 spiro atoms. The highest BCUT2D eigenvalue weighted by Gasteiger charge is 2.19. The van der Waals surface area contributed by atoms with Crippen molar-refractivity contribution < 1.29 is 18.0 Å². The van der Waals surface area contributed by atoms with Crippen LogP contribution in [0.15, 0.2) is 71.6 Å². The minimum absolute atomic E-state index is 0.0204. The molecule has 1 amide bonds. The van der Waals surface area contributed by atoms with E-state index in [1.54, 1.807) is 54.6 Å². The summed E-state index contributed by atoms with van der Waals surface area (Å²) in [5.41, 5.74) is 1.74. The maximum atomic E-state index is 13.0. The van der Waals surface area contributed by atoms with Crippen LogP contribution in [0.3, 0.4) is 0 Å². The quantitative estimate of drug-likeness (QED) is 0.410. The fraction of sp³-hybridized carbons (Fsp3) is 0.167. The summed E-state index contributed by atoms with van der Waals surface area (Å²) in [5.74, 6) is -0.940. The van der Waals surface area contributed by atoms with Gasteiger partial charge in [-0.05, 0) is 55.8 Å². The number of halogens is 2. The van der Waals surface area contributed by atoms with Crippen LogP contribution in [-0.2, 0) is 14.6 Å². The van der Waals surface area contributed by atoms with E-state index in [4.69, 9.17) is 23.2 Å². The van der Waals surface area contributed by atoms with E-state index in [0.717, 1.165) is 5.56 Å². The van der Waals surface area contributed by atoms with Crippen molar-refractivity contribution in [1.29, 1.82) is 0 Å². The molecular formula is C24H21Cl2NO4S. The molecule has 3 aromatic carbocycles. The Bertz CT molecular complexity index is 1260. The largest absolute Gasteiger partial charge is 0.325 e. The van der Waals surface area contributed by atoms with Crippen molar-refractivity contribution in [2.45, 2.75) is 24.7 Å². The van der Waals surface area contributed by atoms with Gasteiger partial charge in [0, 0.05) is 22.6 Å². The highest BCUT2D eigenvalue weighted by atomic mass is 35.5. The molecule has 0 saturated carbocycles. The van der Waals surface area contributed by atoms with Gasteiger partial charge in [0.05, 0.1) is 21.4 Å². The summed E-state index contributed by atoms with van der Waals surface area (Å²) in [6.07, 6.45) is 0.122. The summed E-state index contributed by atoms with van der Waals surface area (Å²) in [6.45, 7) is 1.88. The van der Waals surface area contributed by atoms with Crippen LogP contribution < -0.4 is 5.32 Å². The normalized spacial score (nSPS) is 11.2. The molecule has 0 aliphatic carbocycles. The summed E-state index contributed by atoms with van der Waals surface area (Å²) in [6, 6.07) is 17.7. The van der Waals surface area contributed by atoms with Crippen LogP contribution in [0.25, 0.3) is 0 Å². The van der Waals surface area contributed by atoms with Crippen LogP contribution in [0.2, 0.25) is 10.0 Å². The highest BCUT2D eigenvalue weighted by Crippen LogP contribution is 2.27. The van der Waals surface area contributed by atoms with Crippen molar-refractivity contribution in [3.63, 3.8) is 0 Å². The minimum atomic E-state index is -3.48. The van der Waals surface area contributed by atoms with Crippen molar-refractivity contribution in [3.05, 3.63) is 93.5 Å². The van der Waals surface area contributed by atoms with Gasteiger partial charge in [-0.25, -0.2) is 8.42 Å². The first-order chi connectivity index (χ1) is 15.2. The zero-order valence-electron chi connectivity index (χ0n) is 17.3. The molecule has 0 unspecified atom stereocenters. The molecule has 0 saturated heterocycles. The van der Waals surface area contributed by atoms with Crippen LogP contribution in [0.4, 0.5) is 5.69 Å². The lowest BCUT2D eigenvalue weighted by molar-refractivity contribution is -0.116. The smallest absolute Gasteiger partial charge is 0.224 e. The Morgan fingerprint density at radius 2 is 1.59 bits per heavy atom. The first-order valence-electron chi connectivity index (χ1n) is 9.85. The number of rotatable bonds is 8. The predicted molar refractivity (Wildman–Crippen MR) is 127 cm³/mol. The van der Waals surface area contributed by atoms with Crippen LogP contribution in [0.1, 0.15) is 34.3 Å². The number of nitrogens with one attached hydrogen (secondary N) is 1. The Balaban J connectivity index is 1.68. The standard InChI is InChI=1S/C24H21Cl2NO4S/c1-16-8-11-18(12-9-16)32(30,31)14-4-7-23(28)27-22-13-10-17(25)15-20(22)24(29)19-5-2-3-6-21(19)26/h2-3,5-6,8-13,15H,4,7,14H2,1H3,(H,27,28). The van der Waals surface area contributed by atoms with Gasteiger partial charge in [-0.15, -0.1) is 0 Å². The Hall–Kier alpha value is -2.67. The summed E-state index contributed by atoms with van der Waals surface area (Å²) in [7, 11) is -3.48. The maximum Gasteiger partial charge on any atom is 0.224 e. The molecule has 0 aromatic heterocycles. The summed E-state index contributed by atoms with van der Waals surface area (Å²) in [5, 5.41) is 3.31. The van der Waals surface area contributed by atoms with Gasteiger partial charge >= 0.3 is 0 Å². The molecule has 8 heteroatoms. The van der Waals surface area contributed by atoms with E-state index in [1.165, 1.54) is 12.1 Å². The first-order valence-corrected chi connectivity index (χ1v) is 12.3. The second kappa shape index (κ2) is 10.3. The van der Waals surface area contributed by atoms with E-state index >= 15 is 0 Å². The second-order valence-electron chi connectivity index (χ2n) is 7.28. The molecule has 0 aliphatic heterocycles. The third-order valence-corrected chi connectivity index (χ3v) is 7.20. The van der Waals surface area contributed by atoms with Crippen molar-refractivity contribution in [1.82, 2.24) is 0 Å². The van der Waals surface area contributed by atoms with Gasteiger partial charge in [0.25, 0.3) is 0 Å². The fourth-order valence-electron chi connectivity index (χ4n) is 3.10. The molecule has 0 heterocycles. The minimum Gasteiger partial charge on any atom is -0.325 e. The van der Waals surface area contributed by atoms with Crippen molar-refractivity contribution >= 4 is 50.4 Å². The van der Waals surface area contributed by atoms with Gasteiger partial charge in [-0.1, -0.05) is 53.0 Å². The fourth-order valence-corrected chi connectivity index (χ4v) is 4.81. The lowest BCUT2D eigenvalue weighted by atomic mass is 10.0. The van der Waals surface area contributed by atoms with Crippen molar-refractivity contribution in [3.8, 4) is 0 Å². The Labute approximate surface area is 197 Å².